The molecule has 0 aromatic heterocycles. The average Bonchev–Trinajstić information content (AvgIpc) is 2.39. The van der Waals surface area contributed by atoms with Gasteiger partial charge in [0.2, 0.25) is 0 Å². The second-order valence-electron chi connectivity index (χ2n) is 4.70. The Morgan fingerprint density at radius 2 is 2.17 bits per heavy atom. The van der Waals surface area contributed by atoms with Crippen molar-refractivity contribution in [2.75, 3.05) is 33.4 Å². The number of rotatable bonds is 4. The van der Waals surface area contributed by atoms with Crippen LogP contribution < -0.4 is 10.5 Å². The van der Waals surface area contributed by atoms with Crippen molar-refractivity contribution in [2.24, 2.45) is 5.73 Å². The Bertz CT molecular complexity index is 367. The van der Waals surface area contributed by atoms with Crippen LogP contribution in [0.15, 0.2) is 24.3 Å². The quantitative estimate of drug-likeness (QED) is 0.878. The van der Waals surface area contributed by atoms with E-state index in [1.54, 1.807) is 0 Å². The summed E-state index contributed by atoms with van der Waals surface area (Å²) in [6.07, 6.45) is 0.0710. The van der Waals surface area contributed by atoms with Crippen LogP contribution in [0.2, 0.25) is 0 Å². The molecular formula is C14H22N2O2. The number of nitrogens with two attached hydrogens (primary N) is 1. The van der Waals surface area contributed by atoms with Gasteiger partial charge >= 0.3 is 0 Å². The normalized spacial score (nSPS) is 22.7. The Balaban J connectivity index is 2.01. The maximum Gasteiger partial charge on any atom is 0.119 e. The first kappa shape index (κ1) is 13.3. The van der Waals surface area contributed by atoms with Crippen molar-refractivity contribution < 1.29 is 9.47 Å². The number of nitrogens with zero attached hydrogens (tertiary/aromatic N) is 1. The maximum absolute atomic E-state index is 6.26. The standard InChI is InChI=1S/C14H22N2O2/c1-3-17-12-6-4-11(5-7-12)14(15)13-10-16(2)8-9-18-13/h4-7,13-14H,3,8-10,15H2,1-2H3. The van der Waals surface area contributed by atoms with Crippen LogP contribution in [-0.2, 0) is 4.74 Å². The summed E-state index contributed by atoms with van der Waals surface area (Å²) in [5, 5.41) is 0. The topological polar surface area (TPSA) is 47.7 Å². The van der Waals surface area contributed by atoms with Gasteiger partial charge in [-0.1, -0.05) is 12.1 Å². The van der Waals surface area contributed by atoms with E-state index in [1.165, 1.54) is 0 Å². The highest BCUT2D eigenvalue weighted by atomic mass is 16.5. The molecule has 1 aromatic carbocycles. The van der Waals surface area contributed by atoms with Gasteiger partial charge in [0.15, 0.2) is 0 Å². The van der Waals surface area contributed by atoms with Gasteiger partial charge in [-0.25, -0.2) is 0 Å². The van der Waals surface area contributed by atoms with Gasteiger partial charge in [-0.3, -0.25) is 0 Å². The van der Waals surface area contributed by atoms with Crippen LogP contribution in [0.5, 0.6) is 5.75 Å². The van der Waals surface area contributed by atoms with Crippen LogP contribution in [0.25, 0.3) is 0 Å². The number of likely N-dealkylation sites (N-methyl/N-ethyl adjacent to an activating group) is 1. The monoisotopic (exact) mass is 250 g/mol. The minimum absolute atomic E-state index is 0.0710. The summed E-state index contributed by atoms with van der Waals surface area (Å²) in [5.41, 5.74) is 7.36. The Hall–Kier alpha value is -1.10. The number of morpholine rings is 1. The van der Waals surface area contributed by atoms with E-state index in [1.807, 2.05) is 31.2 Å². The number of hydrogen-bond donors (Lipinski definition) is 1. The molecule has 1 heterocycles. The molecule has 4 nitrogen and oxygen atoms in total. The van der Waals surface area contributed by atoms with Gasteiger partial charge < -0.3 is 20.1 Å². The van der Waals surface area contributed by atoms with Gasteiger partial charge in [0.05, 0.1) is 25.4 Å². The van der Waals surface area contributed by atoms with Crippen LogP contribution in [0.1, 0.15) is 18.5 Å². The van der Waals surface area contributed by atoms with Crippen molar-refractivity contribution in [3.8, 4) is 5.75 Å². The molecule has 2 N–H and O–H groups in total. The molecule has 1 fully saturated rings. The second kappa shape index (κ2) is 6.18. The minimum atomic E-state index is -0.0802. The summed E-state index contributed by atoms with van der Waals surface area (Å²) < 4.78 is 11.2. The fourth-order valence-electron chi connectivity index (χ4n) is 2.20. The van der Waals surface area contributed by atoms with E-state index in [-0.39, 0.29) is 12.1 Å². The second-order valence-corrected chi connectivity index (χ2v) is 4.70. The van der Waals surface area contributed by atoms with Gasteiger partial charge in [-0.2, -0.15) is 0 Å². The third-order valence-electron chi connectivity index (χ3n) is 3.27. The summed E-state index contributed by atoms with van der Waals surface area (Å²) in [4.78, 5) is 2.25. The van der Waals surface area contributed by atoms with Crippen LogP contribution in [0, 0.1) is 0 Å². The first-order valence-corrected chi connectivity index (χ1v) is 6.49. The molecule has 0 bridgehead atoms. The first-order valence-electron chi connectivity index (χ1n) is 6.49. The van der Waals surface area contributed by atoms with Crippen molar-refractivity contribution in [1.29, 1.82) is 0 Å². The van der Waals surface area contributed by atoms with Crippen molar-refractivity contribution in [3.63, 3.8) is 0 Å². The Kier molecular flexibility index (Phi) is 4.58. The lowest BCUT2D eigenvalue weighted by Crippen LogP contribution is -2.45. The molecule has 0 saturated carbocycles. The largest absolute Gasteiger partial charge is 0.494 e. The van der Waals surface area contributed by atoms with Crippen LogP contribution in [0.4, 0.5) is 0 Å². The first-order chi connectivity index (χ1) is 8.70. The molecule has 4 heteroatoms. The molecule has 0 spiro atoms. The molecule has 2 atom stereocenters. The third kappa shape index (κ3) is 3.22. The summed E-state index contributed by atoms with van der Waals surface area (Å²) in [6.45, 7) is 5.28. The lowest BCUT2D eigenvalue weighted by Gasteiger charge is -2.33. The fraction of sp³-hybridized carbons (Fsp3) is 0.571. The lowest BCUT2D eigenvalue weighted by atomic mass is 10.0. The van der Waals surface area contributed by atoms with E-state index in [9.17, 15) is 0 Å². The predicted octanol–water partition coefficient (Wildman–Crippen LogP) is 1.42. The third-order valence-corrected chi connectivity index (χ3v) is 3.27. The van der Waals surface area contributed by atoms with Gasteiger partial charge in [0.1, 0.15) is 5.75 Å². The number of hydrogen-bond acceptors (Lipinski definition) is 4. The molecule has 1 aromatic rings. The number of ether oxygens (including phenoxy) is 2. The van der Waals surface area contributed by atoms with Gasteiger partial charge in [0.25, 0.3) is 0 Å². The zero-order valence-electron chi connectivity index (χ0n) is 11.1. The van der Waals surface area contributed by atoms with E-state index in [4.69, 9.17) is 15.2 Å². The summed E-state index contributed by atoms with van der Waals surface area (Å²) >= 11 is 0. The van der Waals surface area contributed by atoms with E-state index >= 15 is 0 Å². The van der Waals surface area contributed by atoms with Crippen LogP contribution in [0.3, 0.4) is 0 Å². The summed E-state index contributed by atoms with van der Waals surface area (Å²) in [5.74, 6) is 0.884. The highest BCUT2D eigenvalue weighted by Gasteiger charge is 2.25. The highest BCUT2D eigenvalue weighted by Crippen LogP contribution is 2.22. The fourth-order valence-corrected chi connectivity index (χ4v) is 2.20. The molecule has 18 heavy (non-hydrogen) atoms. The molecule has 1 aliphatic rings. The van der Waals surface area contributed by atoms with E-state index in [0.29, 0.717) is 6.61 Å². The van der Waals surface area contributed by atoms with Crippen molar-refractivity contribution >= 4 is 0 Å². The molecule has 100 valence electrons. The molecular weight excluding hydrogens is 228 g/mol. The molecule has 2 unspecified atom stereocenters. The van der Waals surface area contributed by atoms with Gasteiger partial charge in [-0.15, -0.1) is 0 Å². The van der Waals surface area contributed by atoms with E-state index in [0.717, 1.165) is 31.0 Å². The molecule has 2 rings (SSSR count). The summed E-state index contributed by atoms with van der Waals surface area (Å²) in [7, 11) is 2.10. The molecule has 1 aliphatic heterocycles. The Morgan fingerprint density at radius 3 is 2.78 bits per heavy atom. The van der Waals surface area contributed by atoms with Crippen molar-refractivity contribution in [1.82, 2.24) is 4.90 Å². The molecule has 0 radical (unpaired) electrons. The predicted molar refractivity (Wildman–Crippen MR) is 71.8 cm³/mol. The Morgan fingerprint density at radius 1 is 1.44 bits per heavy atom. The van der Waals surface area contributed by atoms with E-state index in [2.05, 4.69) is 11.9 Å². The maximum atomic E-state index is 6.26. The zero-order chi connectivity index (χ0) is 13.0. The van der Waals surface area contributed by atoms with Crippen LogP contribution in [-0.4, -0.2) is 44.4 Å². The minimum Gasteiger partial charge on any atom is -0.494 e. The smallest absolute Gasteiger partial charge is 0.119 e. The van der Waals surface area contributed by atoms with Gasteiger partial charge in [0, 0.05) is 13.1 Å². The van der Waals surface area contributed by atoms with Crippen LogP contribution >= 0.6 is 0 Å². The van der Waals surface area contributed by atoms with Crippen molar-refractivity contribution in [2.45, 2.75) is 19.1 Å². The van der Waals surface area contributed by atoms with Crippen molar-refractivity contribution in [3.05, 3.63) is 29.8 Å². The molecule has 1 saturated heterocycles. The zero-order valence-corrected chi connectivity index (χ0v) is 11.1. The lowest BCUT2D eigenvalue weighted by molar-refractivity contribution is -0.0326. The number of benzene rings is 1. The Labute approximate surface area is 109 Å². The average molecular weight is 250 g/mol. The highest BCUT2D eigenvalue weighted by molar-refractivity contribution is 5.29. The molecule has 0 amide bonds. The van der Waals surface area contributed by atoms with E-state index < -0.39 is 0 Å². The summed E-state index contributed by atoms with van der Waals surface area (Å²) in [6, 6.07) is 7.89. The SMILES string of the molecule is CCOc1ccc(C(N)C2CN(C)CCO2)cc1. The molecule has 0 aliphatic carbocycles. The van der Waals surface area contributed by atoms with Gasteiger partial charge in [-0.05, 0) is 31.7 Å².